The molecular weight excluding hydrogens is 350 g/mol. The summed E-state index contributed by atoms with van der Waals surface area (Å²) in [4.78, 5) is 26.1. The van der Waals surface area contributed by atoms with Gasteiger partial charge in [0, 0.05) is 29.3 Å². The smallest absolute Gasteiger partial charge is 0.316 e. The lowest BCUT2D eigenvalue weighted by Crippen LogP contribution is -2.44. The molecule has 1 aromatic rings. The quantitative estimate of drug-likeness (QED) is 0.771. The standard InChI is InChI=1S/C24H31NO3/c1-7-16-8-10-17(11-9-16)21-20(23(27)28-14(2)3)15(4)25-18-12-24(5,6)13-19(26)22(18)21/h8-11,14,20-21,25H,4,7,12-13H2,1-3,5-6H3. The molecule has 0 saturated carbocycles. The molecule has 0 aromatic heterocycles. The second kappa shape index (κ2) is 7.57. The zero-order valence-electron chi connectivity index (χ0n) is 17.6. The Bertz CT molecular complexity index is 830. The highest BCUT2D eigenvalue weighted by Gasteiger charge is 2.46. The minimum absolute atomic E-state index is 0.106. The van der Waals surface area contributed by atoms with E-state index < -0.39 is 5.92 Å². The van der Waals surface area contributed by atoms with Crippen molar-refractivity contribution >= 4 is 11.8 Å². The lowest BCUT2D eigenvalue weighted by Gasteiger charge is -2.42. The Balaban J connectivity index is 2.13. The number of nitrogens with one attached hydrogen (secondary N) is 1. The Morgan fingerprint density at radius 3 is 2.46 bits per heavy atom. The minimum Gasteiger partial charge on any atom is -0.462 e. The van der Waals surface area contributed by atoms with E-state index in [0.717, 1.165) is 29.7 Å². The number of aryl methyl sites for hydroxylation is 1. The van der Waals surface area contributed by atoms with Gasteiger partial charge in [0.1, 0.15) is 5.92 Å². The average molecular weight is 382 g/mol. The first kappa shape index (κ1) is 20.4. The zero-order valence-corrected chi connectivity index (χ0v) is 17.6. The van der Waals surface area contributed by atoms with Crippen LogP contribution in [-0.4, -0.2) is 17.9 Å². The average Bonchev–Trinajstić information content (AvgIpc) is 2.58. The number of carbonyl (C=O) groups excluding carboxylic acids is 2. The second-order valence-corrected chi connectivity index (χ2v) is 9.02. The molecule has 1 aliphatic carbocycles. The molecule has 2 aliphatic rings. The molecule has 0 saturated heterocycles. The lowest BCUT2D eigenvalue weighted by molar-refractivity contribution is -0.151. The SMILES string of the molecule is C=C1NC2=C(C(=O)CC(C)(C)C2)C(c2ccc(CC)cc2)C1C(=O)OC(C)C. The van der Waals surface area contributed by atoms with Gasteiger partial charge in [0.05, 0.1) is 6.10 Å². The fraction of sp³-hybridized carbons (Fsp3) is 0.500. The minimum atomic E-state index is -0.612. The van der Waals surface area contributed by atoms with Gasteiger partial charge < -0.3 is 10.1 Å². The third-order valence-electron chi connectivity index (χ3n) is 5.60. The number of ketones is 1. The number of Topliss-reactive ketones (excluding diaryl/α,β-unsaturated/α-hetero) is 1. The third kappa shape index (κ3) is 3.91. The van der Waals surface area contributed by atoms with Crippen molar-refractivity contribution in [3.05, 3.63) is 58.9 Å². The molecule has 4 heteroatoms. The fourth-order valence-corrected chi connectivity index (χ4v) is 4.35. The maximum absolute atomic E-state index is 13.2. The van der Waals surface area contributed by atoms with Crippen LogP contribution in [0.2, 0.25) is 0 Å². The molecule has 1 aliphatic heterocycles. The Morgan fingerprint density at radius 2 is 1.89 bits per heavy atom. The predicted molar refractivity (Wildman–Crippen MR) is 111 cm³/mol. The highest BCUT2D eigenvalue weighted by Crippen LogP contribution is 2.48. The molecule has 3 rings (SSSR count). The molecule has 0 spiro atoms. The van der Waals surface area contributed by atoms with Crippen LogP contribution < -0.4 is 5.32 Å². The Hall–Kier alpha value is -2.36. The Morgan fingerprint density at radius 1 is 1.25 bits per heavy atom. The van der Waals surface area contributed by atoms with Crippen LogP contribution in [0, 0.1) is 11.3 Å². The number of rotatable bonds is 4. The van der Waals surface area contributed by atoms with E-state index in [4.69, 9.17) is 4.74 Å². The van der Waals surface area contributed by atoms with Gasteiger partial charge in [-0.25, -0.2) is 0 Å². The summed E-state index contributed by atoms with van der Waals surface area (Å²) in [7, 11) is 0. The van der Waals surface area contributed by atoms with E-state index in [9.17, 15) is 9.59 Å². The first-order valence-electron chi connectivity index (χ1n) is 10.1. The number of allylic oxidation sites excluding steroid dienone is 2. The monoisotopic (exact) mass is 381 g/mol. The summed E-state index contributed by atoms with van der Waals surface area (Å²) in [6, 6.07) is 8.22. The summed E-state index contributed by atoms with van der Waals surface area (Å²) in [6.07, 6.45) is 1.97. The number of hydrogen-bond acceptors (Lipinski definition) is 4. The van der Waals surface area contributed by atoms with Gasteiger partial charge in [0.25, 0.3) is 0 Å². The second-order valence-electron chi connectivity index (χ2n) is 9.02. The summed E-state index contributed by atoms with van der Waals surface area (Å²) in [5, 5.41) is 3.29. The Labute approximate surface area is 168 Å². The summed E-state index contributed by atoms with van der Waals surface area (Å²) in [5.41, 5.74) is 4.32. The van der Waals surface area contributed by atoms with E-state index in [1.165, 1.54) is 5.56 Å². The molecule has 1 heterocycles. The topological polar surface area (TPSA) is 55.4 Å². The number of benzene rings is 1. The third-order valence-corrected chi connectivity index (χ3v) is 5.60. The van der Waals surface area contributed by atoms with E-state index in [-0.39, 0.29) is 29.2 Å². The van der Waals surface area contributed by atoms with E-state index in [1.54, 1.807) is 0 Å². The van der Waals surface area contributed by atoms with Crippen LogP contribution >= 0.6 is 0 Å². The van der Waals surface area contributed by atoms with Crippen molar-refractivity contribution in [3.63, 3.8) is 0 Å². The molecule has 2 unspecified atom stereocenters. The molecule has 1 N–H and O–H groups in total. The van der Waals surface area contributed by atoms with Gasteiger partial charge in [-0.3, -0.25) is 9.59 Å². The van der Waals surface area contributed by atoms with Gasteiger partial charge in [-0.2, -0.15) is 0 Å². The van der Waals surface area contributed by atoms with Gasteiger partial charge >= 0.3 is 5.97 Å². The van der Waals surface area contributed by atoms with Crippen molar-refractivity contribution in [1.82, 2.24) is 5.32 Å². The number of ether oxygens (including phenoxy) is 1. The molecule has 0 amide bonds. The molecular formula is C24H31NO3. The van der Waals surface area contributed by atoms with Crippen molar-refractivity contribution < 1.29 is 14.3 Å². The largest absolute Gasteiger partial charge is 0.462 e. The van der Waals surface area contributed by atoms with Gasteiger partial charge in [-0.05, 0) is 43.2 Å². The molecule has 28 heavy (non-hydrogen) atoms. The Kier molecular flexibility index (Phi) is 5.51. The van der Waals surface area contributed by atoms with Crippen LogP contribution in [0.15, 0.2) is 47.8 Å². The van der Waals surface area contributed by atoms with E-state index in [0.29, 0.717) is 12.1 Å². The normalized spacial score (nSPS) is 24.1. The first-order chi connectivity index (χ1) is 13.1. The summed E-state index contributed by atoms with van der Waals surface area (Å²) in [6.45, 7) is 14.1. The molecule has 0 radical (unpaired) electrons. The molecule has 0 bridgehead atoms. The van der Waals surface area contributed by atoms with Crippen LogP contribution in [0.1, 0.15) is 64.5 Å². The highest BCUT2D eigenvalue weighted by molar-refractivity contribution is 6.00. The van der Waals surface area contributed by atoms with Crippen LogP contribution in [0.25, 0.3) is 0 Å². The zero-order chi connectivity index (χ0) is 20.6. The van der Waals surface area contributed by atoms with Crippen molar-refractivity contribution in [3.8, 4) is 0 Å². The van der Waals surface area contributed by atoms with Crippen molar-refractivity contribution in [2.75, 3.05) is 0 Å². The molecule has 2 atom stereocenters. The predicted octanol–water partition coefficient (Wildman–Crippen LogP) is 4.66. The fourth-order valence-electron chi connectivity index (χ4n) is 4.35. The van der Waals surface area contributed by atoms with E-state index >= 15 is 0 Å². The summed E-state index contributed by atoms with van der Waals surface area (Å²) < 4.78 is 5.54. The van der Waals surface area contributed by atoms with Crippen molar-refractivity contribution in [2.24, 2.45) is 11.3 Å². The number of hydrogen-bond donors (Lipinski definition) is 1. The molecule has 1 aromatic carbocycles. The van der Waals surface area contributed by atoms with Crippen molar-refractivity contribution in [1.29, 1.82) is 0 Å². The maximum Gasteiger partial charge on any atom is 0.316 e. The maximum atomic E-state index is 13.2. The van der Waals surface area contributed by atoms with Crippen LogP contribution in [0.3, 0.4) is 0 Å². The number of esters is 1. The van der Waals surface area contributed by atoms with Gasteiger partial charge in [-0.1, -0.05) is 51.6 Å². The van der Waals surface area contributed by atoms with Gasteiger partial charge in [0.15, 0.2) is 5.78 Å². The van der Waals surface area contributed by atoms with Crippen molar-refractivity contribution in [2.45, 2.75) is 65.9 Å². The van der Waals surface area contributed by atoms with Crippen LogP contribution in [-0.2, 0) is 20.7 Å². The highest BCUT2D eigenvalue weighted by atomic mass is 16.5. The molecule has 0 fully saturated rings. The first-order valence-corrected chi connectivity index (χ1v) is 10.1. The van der Waals surface area contributed by atoms with Gasteiger partial charge in [-0.15, -0.1) is 0 Å². The van der Waals surface area contributed by atoms with Crippen LogP contribution in [0.4, 0.5) is 0 Å². The number of carbonyl (C=O) groups is 2. The molecule has 4 nitrogen and oxygen atoms in total. The summed E-state index contributed by atoms with van der Waals surface area (Å²) in [5.74, 6) is -1.19. The van der Waals surface area contributed by atoms with Gasteiger partial charge in [0.2, 0.25) is 0 Å². The van der Waals surface area contributed by atoms with E-state index in [2.05, 4.69) is 44.8 Å². The molecule has 150 valence electrons. The van der Waals surface area contributed by atoms with Crippen LogP contribution in [0.5, 0.6) is 0 Å². The van der Waals surface area contributed by atoms with E-state index in [1.807, 2.05) is 26.0 Å². The lowest BCUT2D eigenvalue weighted by atomic mass is 9.66. The summed E-state index contributed by atoms with van der Waals surface area (Å²) >= 11 is 0.